The maximum absolute atomic E-state index is 11.6. The molecule has 0 aliphatic rings. The lowest BCUT2D eigenvalue weighted by Crippen LogP contribution is -2.54. The van der Waals surface area contributed by atoms with Crippen molar-refractivity contribution in [1.29, 1.82) is 0 Å². The minimum absolute atomic E-state index is 0.169. The summed E-state index contributed by atoms with van der Waals surface area (Å²) >= 11 is 0. The van der Waals surface area contributed by atoms with Crippen LogP contribution in [-0.2, 0) is 14.6 Å². The van der Waals surface area contributed by atoms with Crippen LogP contribution in [0.25, 0.3) is 0 Å². The molecule has 0 saturated carbocycles. The molecule has 4 nitrogen and oxygen atoms in total. The maximum Gasteiger partial charge on any atom is 0.154 e. The molecule has 15 heavy (non-hydrogen) atoms. The molecule has 0 heterocycles. The summed E-state index contributed by atoms with van der Waals surface area (Å²) in [7, 11) is -1.51. The number of sulfone groups is 1. The molecule has 0 aliphatic carbocycles. The maximum atomic E-state index is 11.6. The van der Waals surface area contributed by atoms with Crippen molar-refractivity contribution in [2.45, 2.75) is 38.0 Å². The molecular weight excluding hydrogens is 214 g/mol. The average molecular weight is 237 g/mol. The molecule has 0 rings (SSSR count). The number of nitrogens with one attached hydrogen (secondary N) is 1. The highest BCUT2D eigenvalue weighted by molar-refractivity contribution is 7.92. The average Bonchev–Trinajstić information content (AvgIpc) is 2.10. The Morgan fingerprint density at radius 2 is 1.93 bits per heavy atom. The zero-order chi connectivity index (χ0) is 12.1. The third-order valence-electron chi connectivity index (χ3n) is 2.77. The Bertz CT molecular complexity index is 272. The number of methoxy groups -OCH3 is 1. The smallest absolute Gasteiger partial charge is 0.154 e. The van der Waals surface area contributed by atoms with E-state index in [0.29, 0.717) is 6.61 Å². The zero-order valence-corrected chi connectivity index (χ0v) is 11.1. The van der Waals surface area contributed by atoms with Crippen LogP contribution in [-0.4, -0.2) is 45.7 Å². The van der Waals surface area contributed by atoms with Crippen LogP contribution in [0.4, 0.5) is 0 Å². The summed E-state index contributed by atoms with van der Waals surface area (Å²) in [6, 6.07) is -0.169. The third kappa shape index (κ3) is 4.09. The first-order valence-corrected chi connectivity index (χ1v) is 7.08. The summed E-state index contributed by atoms with van der Waals surface area (Å²) in [6.45, 7) is 6.71. The van der Waals surface area contributed by atoms with Gasteiger partial charge in [-0.1, -0.05) is 6.92 Å². The Hall–Kier alpha value is -0.130. The SMILES string of the molecule is CCCNC(COC)C(C)(C)S(C)(=O)=O. The van der Waals surface area contributed by atoms with Gasteiger partial charge in [-0.25, -0.2) is 8.42 Å². The highest BCUT2D eigenvalue weighted by Crippen LogP contribution is 2.20. The van der Waals surface area contributed by atoms with Crippen LogP contribution in [0.15, 0.2) is 0 Å². The monoisotopic (exact) mass is 237 g/mol. The second-order valence-electron chi connectivity index (χ2n) is 4.34. The molecule has 0 saturated heterocycles. The van der Waals surface area contributed by atoms with Crippen molar-refractivity contribution >= 4 is 9.84 Å². The van der Waals surface area contributed by atoms with Gasteiger partial charge in [-0.3, -0.25) is 0 Å². The van der Waals surface area contributed by atoms with E-state index in [-0.39, 0.29) is 6.04 Å². The van der Waals surface area contributed by atoms with Crippen LogP contribution >= 0.6 is 0 Å². The Morgan fingerprint density at radius 3 is 2.27 bits per heavy atom. The third-order valence-corrected chi connectivity index (χ3v) is 4.96. The zero-order valence-electron chi connectivity index (χ0n) is 10.3. The summed E-state index contributed by atoms with van der Waals surface area (Å²) in [5.41, 5.74) is 0. The highest BCUT2D eigenvalue weighted by atomic mass is 32.2. The van der Waals surface area contributed by atoms with E-state index in [4.69, 9.17) is 4.74 Å². The first-order valence-electron chi connectivity index (χ1n) is 5.19. The fourth-order valence-corrected chi connectivity index (χ4v) is 1.92. The Balaban J connectivity index is 4.73. The highest BCUT2D eigenvalue weighted by Gasteiger charge is 2.38. The molecule has 0 spiro atoms. The normalized spacial score (nSPS) is 15.3. The lowest BCUT2D eigenvalue weighted by atomic mass is 10.0. The van der Waals surface area contributed by atoms with Crippen molar-refractivity contribution in [3.05, 3.63) is 0 Å². The topological polar surface area (TPSA) is 55.4 Å². The van der Waals surface area contributed by atoms with E-state index in [1.807, 2.05) is 6.92 Å². The van der Waals surface area contributed by atoms with Crippen molar-refractivity contribution in [2.75, 3.05) is 26.5 Å². The molecule has 0 radical (unpaired) electrons. The molecule has 0 aliphatic heterocycles. The molecule has 0 bridgehead atoms. The van der Waals surface area contributed by atoms with E-state index in [9.17, 15) is 8.42 Å². The Labute approximate surface area is 93.3 Å². The molecule has 1 atom stereocenters. The minimum Gasteiger partial charge on any atom is -0.383 e. The van der Waals surface area contributed by atoms with Gasteiger partial charge >= 0.3 is 0 Å². The number of rotatable bonds is 7. The van der Waals surface area contributed by atoms with E-state index in [1.54, 1.807) is 21.0 Å². The predicted octanol–water partition coefficient (Wildman–Crippen LogP) is 0.824. The molecule has 1 N–H and O–H groups in total. The largest absolute Gasteiger partial charge is 0.383 e. The van der Waals surface area contributed by atoms with Crippen LogP contribution in [0.3, 0.4) is 0 Å². The Kier molecular flexibility index (Phi) is 5.77. The van der Waals surface area contributed by atoms with E-state index in [1.165, 1.54) is 6.26 Å². The van der Waals surface area contributed by atoms with Crippen molar-refractivity contribution in [1.82, 2.24) is 5.32 Å². The number of hydrogen-bond acceptors (Lipinski definition) is 4. The lowest BCUT2D eigenvalue weighted by molar-refractivity contribution is 0.152. The van der Waals surface area contributed by atoms with Gasteiger partial charge in [0.2, 0.25) is 0 Å². The first-order chi connectivity index (χ1) is 6.77. The van der Waals surface area contributed by atoms with E-state index >= 15 is 0 Å². The van der Waals surface area contributed by atoms with Crippen molar-refractivity contribution in [3.63, 3.8) is 0 Å². The van der Waals surface area contributed by atoms with Crippen molar-refractivity contribution in [2.24, 2.45) is 0 Å². The quantitative estimate of drug-likeness (QED) is 0.712. The molecule has 0 fully saturated rings. The standard InChI is InChI=1S/C10H23NO3S/c1-6-7-11-9(8-14-4)10(2,3)15(5,12)13/h9,11H,6-8H2,1-5H3. The van der Waals surface area contributed by atoms with Crippen LogP contribution < -0.4 is 5.32 Å². The molecule has 0 aromatic carbocycles. The molecule has 0 aromatic heterocycles. The van der Waals surface area contributed by atoms with Crippen LogP contribution in [0.1, 0.15) is 27.2 Å². The van der Waals surface area contributed by atoms with Gasteiger partial charge in [0.1, 0.15) is 0 Å². The molecule has 0 amide bonds. The summed E-state index contributed by atoms with van der Waals surface area (Å²) in [5.74, 6) is 0. The van der Waals surface area contributed by atoms with Crippen LogP contribution in [0.5, 0.6) is 0 Å². The fraction of sp³-hybridized carbons (Fsp3) is 1.00. The molecule has 92 valence electrons. The summed E-state index contributed by atoms with van der Waals surface area (Å²) in [5, 5.41) is 3.21. The van der Waals surface area contributed by atoms with Crippen molar-refractivity contribution < 1.29 is 13.2 Å². The summed E-state index contributed by atoms with van der Waals surface area (Å²) in [4.78, 5) is 0. The number of ether oxygens (including phenoxy) is 1. The molecule has 1 unspecified atom stereocenters. The van der Waals surface area contributed by atoms with E-state index in [2.05, 4.69) is 5.32 Å². The van der Waals surface area contributed by atoms with Gasteiger partial charge in [-0.05, 0) is 26.8 Å². The molecule has 0 aromatic rings. The fourth-order valence-electron chi connectivity index (χ4n) is 1.25. The van der Waals surface area contributed by atoms with E-state index in [0.717, 1.165) is 13.0 Å². The van der Waals surface area contributed by atoms with Gasteiger partial charge < -0.3 is 10.1 Å². The second kappa shape index (κ2) is 5.82. The van der Waals surface area contributed by atoms with Gasteiger partial charge in [0.25, 0.3) is 0 Å². The van der Waals surface area contributed by atoms with E-state index < -0.39 is 14.6 Å². The number of hydrogen-bond donors (Lipinski definition) is 1. The van der Waals surface area contributed by atoms with Gasteiger partial charge in [0.15, 0.2) is 9.84 Å². The van der Waals surface area contributed by atoms with Crippen LogP contribution in [0.2, 0.25) is 0 Å². The van der Waals surface area contributed by atoms with Crippen LogP contribution in [0, 0.1) is 0 Å². The molecular formula is C10H23NO3S. The first kappa shape index (κ1) is 14.9. The Morgan fingerprint density at radius 1 is 1.40 bits per heavy atom. The summed E-state index contributed by atoms with van der Waals surface area (Å²) < 4.78 is 27.5. The minimum atomic E-state index is -3.10. The van der Waals surface area contributed by atoms with Gasteiger partial charge in [0.05, 0.1) is 11.4 Å². The van der Waals surface area contributed by atoms with Gasteiger partial charge in [-0.15, -0.1) is 0 Å². The van der Waals surface area contributed by atoms with Gasteiger partial charge in [0, 0.05) is 19.4 Å². The predicted molar refractivity (Wildman–Crippen MR) is 62.9 cm³/mol. The lowest BCUT2D eigenvalue weighted by Gasteiger charge is -2.32. The second-order valence-corrected chi connectivity index (χ2v) is 6.93. The molecule has 5 heteroatoms. The summed E-state index contributed by atoms with van der Waals surface area (Å²) in [6.07, 6.45) is 2.24. The van der Waals surface area contributed by atoms with Crippen molar-refractivity contribution in [3.8, 4) is 0 Å². The van der Waals surface area contributed by atoms with Gasteiger partial charge in [-0.2, -0.15) is 0 Å².